The first-order valence-electron chi connectivity index (χ1n) is 7.43. The lowest BCUT2D eigenvalue weighted by atomic mass is 10.2. The van der Waals surface area contributed by atoms with Gasteiger partial charge in [-0.3, -0.25) is 4.79 Å². The standard InChI is InChI=1S/C17H11Cl2N3O2S/c1-9(24-10-6-7-12(18)13(19)8-10)15-21-22-16(23)11-4-2-3-5-14(11)20-17(22)25-15/h2-9H,1H3. The van der Waals surface area contributed by atoms with Gasteiger partial charge in [0.15, 0.2) is 5.01 Å². The van der Waals surface area contributed by atoms with Crippen molar-refractivity contribution in [3.8, 4) is 5.75 Å². The van der Waals surface area contributed by atoms with E-state index >= 15 is 0 Å². The van der Waals surface area contributed by atoms with Crippen molar-refractivity contribution in [3.05, 3.63) is 67.9 Å². The monoisotopic (exact) mass is 391 g/mol. The lowest BCUT2D eigenvalue weighted by Crippen LogP contribution is -2.15. The van der Waals surface area contributed by atoms with Crippen LogP contribution in [0.1, 0.15) is 18.0 Å². The van der Waals surface area contributed by atoms with Crippen LogP contribution < -0.4 is 10.3 Å². The first-order valence-corrected chi connectivity index (χ1v) is 9.00. The maximum Gasteiger partial charge on any atom is 0.283 e. The van der Waals surface area contributed by atoms with Crippen LogP contribution in [-0.2, 0) is 0 Å². The van der Waals surface area contributed by atoms with Gasteiger partial charge < -0.3 is 4.74 Å². The summed E-state index contributed by atoms with van der Waals surface area (Å²) in [5, 5.41) is 6.43. The minimum Gasteiger partial charge on any atom is -0.483 e. The van der Waals surface area contributed by atoms with E-state index in [1.54, 1.807) is 30.3 Å². The molecule has 5 nitrogen and oxygen atoms in total. The van der Waals surface area contributed by atoms with E-state index in [1.807, 2.05) is 19.1 Å². The van der Waals surface area contributed by atoms with Crippen LogP contribution in [0.5, 0.6) is 5.75 Å². The van der Waals surface area contributed by atoms with Crippen LogP contribution in [0.15, 0.2) is 47.3 Å². The van der Waals surface area contributed by atoms with Crippen molar-refractivity contribution in [2.75, 3.05) is 0 Å². The molecule has 0 aliphatic rings. The summed E-state index contributed by atoms with van der Waals surface area (Å²) in [4.78, 5) is 17.6. The average molecular weight is 392 g/mol. The number of ether oxygens (including phenoxy) is 1. The van der Waals surface area contributed by atoms with Crippen LogP contribution in [0, 0.1) is 0 Å². The summed E-state index contributed by atoms with van der Waals surface area (Å²) >= 11 is 13.2. The summed E-state index contributed by atoms with van der Waals surface area (Å²) in [5.41, 5.74) is 0.464. The number of benzene rings is 2. The minimum absolute atomic E-state index is 0.190. The van der Waals surface area contributed by atoms with E-state index in [9.17, 15) is 4.79 Å². The summed E-state index contributed by atoms with van der Waals surface area (Å²) in [5.74, 6) is 0.576. The molecule has 8 heteroatoms. The first-order chi connectivity index (χ1) is 12.0. The zero-order chi connectivity index (χ0) is 17.6. The van der Waals surface area contributed by atoms with Crippen molar-refractivity contribution < 1.29 is 4.74 Å². The van der Waals surface area contributed by atoms with Gasteiger partial charge in [0.25, 0.3) is 5.56 Å². The second-order valence-electron chi connectivity index (χ2n) is 5.40. The molecule has 4 rings (SSSR count). The molecule has 2 aromatic carbocycles. The molecule has 0 saturated carbocycles. The van der Waals surface area contributed by atoms with Gasteiger partial charge in [-0.05, 0) is 31.2 Å². The first kappa shape index (κ1) is 16.3. The number of aromatic nitrogens is 3. The maximum absolute atomic E-state index is 12.6. The topological polar surface area (TPSA) is 56.5 Å². The van der Waals surface area contributed by atoms with Crippen molar-refractivity contribution in [1.82, 2.24) is 14.6 Å². The van der Waals surface area contributed by atoms with Gasteiger partial charge in [-0.1, -0.05) is 46.7 Å². The summed E-state index contributed by atoms with van der Waals surface area (Å²) in [6.07, 6.45) is -0.369. The highest BCUT2D eigenvalue weighted by Gasteiger charge is 2.17. The smallest absolute Gasteiger partial charge is 0.283 e. The van der Waals surface area contributed by atoms with Crippen molar-refractivity contribution in [2.24, 2.45) is 0 Å². The van der Waals surface area contributed by atoms with Crippen molar-refractivity contribution >= 4 is 50.4 Å². The number of fused-ring (bicyclic) bond motifs is 2. The molecule has 0 aliphatic heterocycles. The Morgan fingerprint density at radius 3 is 2.76 bits per heavy atom. The number of hydrogen-bond acceptors (Lipinski definition) is 5. The van der Waals surface area contributed by atoms with Gasteiger partial charge in [0.05, 0.1) is 20.9 Å². The van der Waals surface area contributed by atoms with E-state index in [-0.39, 0.29) is 11.7 Å². The molecule has 0 saturated heterocycles. The van der Waals surface area contributed by atoms with Gasteiger partial charge in [0.1, 0.15) is 11.9 Å². The van der Waals surface area contributed by atoms with Gasteiger partial charge in [-0.15, -0.1) is 0 Å². The summed E-state index contributed by atoms with van der Waals surface area (Å²) in [7, 11) is 0. The Morgan fingerprint density at radius 2 is 1.96 bits per heavy atom. The Balaban J connectivity index is 1.73. The molecule has 4 aromatic rings. The van der Waals surface area contributed by atoms with Gasteiger partial charge in [0.2, 0.25) is 4.96 Å². The van der Waals surface area contributed by atoms with Gasteiger partial charge in [-0.25, -0.2) is 4.98 Å². The lowest BCUT2D eigenvalue weighted by Gasteiger charge is -2.12. The molecule has 0 bridgehead atoms. The molecule has 2 aromatic heterocycles. The molecule has 126 valence electrons. The van der Waals surface area contributed by atoms with Crippen LogP contribution >= 0.6 is 34.5 Å². The highest BCUT2D eigenvalue weighted by molar-refractivity contribution is 7.16. The fourth-order valence-corrected chi connectivity index (χ4v) is 3.60. The molecule has 0 spiro atoms. The largest absolute Gasteiger partial charge is 0.483 e. The maximum atomic E-state index is 12.6. The molecule has 0 radical (unpaired) electrons. The normalized spacial score (nSPS) is 12.6. The molecule has 1 unspecified atom stereocenters. The highest BCUT2D eigenvalue weighted by Crippen LogP contribution is 2.30. The number of rotatable bonds is 3. The van der Waals surface area contributed by atoms with Crippen molar-refractivity contribution in [3.63, 3.8) is 0 Å². The molecule has 0 fully saturated rings. The number of para-hydroxylation sites is 1. The van der Waals surface area contributed by atoms with Gasteiger partial charge >= 0.3 is 0 Å². The van der Waals surface area contributed by atoms with Crippen LogP contribution in [0.2, 0.25) is 10.0 Å². The van der Waals surface area contributed by atoms with Crippen LogP contribution in [0.25, 0.3) is 15.9 Å². The number of nitrogens with zero attached hydrogens (tertiary/aromatic N) is 3. The quantitative estimate of drug-likeness (QED) is 0.505. The average Bonchev–Trinajstić information content (AvgIpc) is 3.03. The zero-order valence-corrected chi connectivity index (χ0v) is 15.3. The third kappa shape index (κ3) is 2.97. The summed E-state index contributed by atoms with van der Waals surface area (Å²) in [6, 6.07) is 12.3. The fraction of sp³-hybridized carbons (Fsp3) is 0.118. The molecule has 0 amide bonds. The van der Waals surface area contributed by atoms with Crippen LogP contribution in [0.3, 0.4) is 0 Å². The second kappa shape index (κ2) is 6.29. The van der Waals surface area contributed by atoms with Gasteiger partial charge in [0, 0.05) is 6.07 Å². The molecule has 1 atom stereocenters. The Kier molecular flexibility index (Phi) is 4.11. The van der Waals surface area contributed by atoms with Crippen LogP contribution in [-0.4, -0.2) is 14.6 Å². The Morgan fingerprint density at radius 1 is 1.16 bits per heavy atom. The molecule has 0 N–H and O–H groups in total. The Hall–Kier alpha value is -2.15. The zero-order valence-electron chi connectivity index (χ0n) is 12.9. The van der Waals surface area contributed by atoms with Crippen molar-refractivity contribution in [1.29, 1.82) is 0 Å². The van der Waals surface area contributed by atoms with E-state index in [4.69, 9.17) is 27.9 Å². The molecular weight excluding hydrogens is 381 g/mol. The summed E-state index contributed by atoms with van der Waals surface area (Å²) < 4.78 is 7.18. The van der Waals surface area contributed by atoms with Crippen molar-refractivity contribution in [2.45, 2.75) is 13.0 Å². The van der Waals surface area contributed by atoms with E-state index in [0.29, 0.717) is 36.7 Å². The predicted octanol–water partition coefficient (Wildman–Crippen LogP) is 4.75. The Labute approximate surface area is 156 Å². The molecule has 2 heterocycles. The van der Waals surface area contributed by atoms with E-state index in [0.717, 1.165) is 0 Å². The predicted molar refractivity (Wildman–Crippen MR) is 100 cm³/mol. The molecule has 25 heavy (non-hydrogen) atoms. The lowest BCUT2D eigenvalue weighted by molar-refractivity contribution is 0.225. The Bertz CT molecular complexity index is 1160. The molecule has 0 aliphatic carbocycles. The van der Waals surface area contributed by atoms with Gasteiger partial charge in [-0.2, -0.15) is 9.61 Å². The SMILES string of the molecule is CC(Oc1ccc(Cl)c(Cl)c1)c1nn2c(=O)c3ccccc3nc2s1. The second-order valence-corrected chi connectivity index (χ2v) is 7.21. The third-order valence-corrected chi connectivity index (χ3v) is 5.48. The summed E-state index contributed by atoms with van der Waals surface area (Å²) in [6.45, 7) is 1.85. The minimum atomic E-state index is -0.369. The van der Waals surface area contributed by atoms with E-state index < -0.39 is 0 Å². The molecular formula is C17H11Cl2N3O2S. The number of halogens is 2. The van der Waals surface area contributed by atoms with E-state index in [1.165, 1.54) is 15.9 Å². The van der Waals surface area contributed by atoms with Crippen LogP contribution in [0.4, 0.5) is 0 Å². The number of hydrogen-bond donors (Lipinski definition) is 0. The highest BCUT2D eigenvalue weighted by atomic mass is 35.5. The third-order valence-electron chi connectivity index (χ3n) is 3.67. The van der Waals surface area contributed by atoms with E-state index in [2.05, 4.69) is 10.1 Å². The fourth-order valence-electron chi connectivity index (χ4n) is 2.44.